The average Bonchev–Trinajstić information content (AvgIpc) is 3.27. The Kier molecular flexibility index (Phi) is 4.09. The Bertz CT molecular complexity index is 711. The lowest BCUT2D eigenvalue weighted by atomic mass is 10.1. The number of aromatic nitrogens is 2. The van der Waals surface area contributed by atoms with Crippen molar-refractivity contribution in [2.45, 2.75) is 26.2 Å². The molecule has 0 aliphatic heterocycles. The number of hydrogen-bond donors (Lipinski definition) is 1. The van der Waals surface area contributed by atoms with Crippen molar-refractivity contribution in [2.24, 2.45) is 13.0 Å². The van der Waals surface area contributed by atoms with Gasteiger partial charge >= 0.3 is 0 Å². The van der Waals surface area contributed by atoms with Crippen LogP contribution in [-0.2, 0) is 7.05 Å². The van der Waals surface area contributed by atoms with Gasteiger partial charge in [0.05, 0.1) is 11.8 Å². The lowest BCUT2D eigenvalue weighted by molar-refractivity contribution is 0.102. The SMILES string of the molecule is Cc1c(C(=O)Nc2ccccc2C=CCC2CC2)cnn1C. The van der Waals surface area contributed by atoms with Crippen LogP contribution in [-0.4, -0.2) is 15.7 Å². The van der Waals surface area contributed by atoms with Gasteiger partial charge in [-0.3, -0.25) is 9.48 Å². The molecule has 0 unspecified atom stereocenters. The van der Waals surface area contributed by atoms with E-state index in [0.717, 1.165) is 29.3 Å². The highest BCUT2D eigenvalue weighted by Gasteiger charge is 2.19. The standard InChI is InChI=1S/C18H21N3O/c1-13-16(12-19-21(13)2)18(22)20-17-9-4-3-7-15(17)8-5-6-14-10-11-14/h3-5,7-9,12,14H,6,10-11H2,1-2H3,(H,20,22). The van der Waals surface area contributed by atoms with Gasteiger partial charge in [0.25, 0.3) is 5.91 Å². The number of hydrogen-bond acceptors (Lipinski definition) is 2. The molecule has 114 valence electrons. The normalized spacial score (nSPS) is 14.5. The van der Waals surface area contributed by atoms with E-state index < -0.39 is 0 Å². The highest BCUT2D eigenvalue weighted by molar-refractivity contribution is 6.05. The predicted octanol–water partition coefficient (Wildman–Crippen LogP) is 3.79. The van der Waals surface area contributed by atoms with E-state index >= 15 is 0 Å². The first-order chi connectivity index (χ1) is 10.6. The fourth-order valence-corrected chi connectivity index (χ4v) is 2.41. The van der Waals surface area contributed by atoms with Crippen LogP contribution in [0.1, 0.15) is 40.9 Å². The van der Waals surface area contributed by atoms with Gasteiger partial charge in [0, 0.05) is 18.4 Å². The minimum atomic E-state index is -0.117. The summed E-state index contributed by atoms with van der Waals surface area (Å²) in [6.45, 7) is 1.89. The van der Waals surface area contributed by atoms with Gasteiger partial charge in [-0.05, 0) is 43.7 Å². The zero-order valence-electron chi connectivity index (χ0n) is 13.0. The van der Waals surface area contributed by atoms with Crippen LogP contribution in [0.15, 0.2) is 36.5 Å². The van der Waals surface area contributed by atoms with Gasteiger partial charge in [-0.15, -0.1) is 0 Å². The number of amides is 1. The van der Waals surface area contributed by atoms with Crippen molar-refractivity contribution in [2.75, 3.05) is 5.32 Å². The van der Waals surface area contributed by atoms with Crippen LogP contribution >= 0.6 is 0 Å². The van der Waals surface area contributed by atoms with Gasteiger partial charge in [0.2, 0.25) is 0 Å². The summed E-state index contributed by atoms with van der Waals surface area (Å²) in [5.74, 6) is 0.754. The molecule has 1 aromatic heterocycles. The molecular formula is C18H21N3O. The van der Waals surface area contributed by atoms with Crippen LogP contribution in [0.4, 0.5) is 5.69 Å². The van der Waals surface area contributed by atoms with Crippen LogP contribution < -0.4 is 5.32 Å². The van der Waals surface area contributed by atoms with Crippen LogP contribution in [0.5, 0.6) is 0 Å². The molecule has 3 rings (SSSR count). The number of anilines is 1. The number of aryl methyl sites for hydroxylation is 1. The summed E-state index contributed by atoms with van der Waals surface area (Å²) in [5.41, 5.74) is 3.35. The van der Waals surface area contributed by atoms with Gasteiger partial charge < -0.3 is 5.32 Å². The van der Waals surface area contributed by atoms with Crippen molar-refractivity contribution in [1.29, 1.82) is 0 Å². The fourth-order valence-electron chi connectivity index (χ4n) is 2.41. The second kappa shape index (κ2) is 6.18. The molecule has 1 aliphatic carbocycles. The summed E-state index contributed by atoms with van der Waals surface area (Å²) in [4.78, 5) is 12.4. The number of carbonyl (C=O) groups excluding carboxylic acids is 1. The number of para-hydroxylation sites is 1. The number of allylic oxidation sites excluding steroid dienone is 1. The molecule has 1 amide bonds. The minimum Gasteiger partial charge on any atom is -0.321 e. The summed E-state index contributed by atoms with van der Waals surface area (Å²) < 4.78 is 1.70. The van der Waals surface area contributed by atoms with E-state index in [9.17, 15) is 4.79 Å². The molecule has 4 heteroatoms. The average molecular weight is 295 g/mol. The van der Waals surface area contributed by atoms with E-state index in [2.05, 4.69) is 22.6 Å². The fraction of sp³-hybridized carbons (Fsp3) is 0.333. The molecule has 0 radical (unpaired) electrons. The molecule has 1 heterocycles. The van der Waals surface area contributed by atoms with Crippen molar-refractivity contribution in [3.8, 4) is 0 Å². The largest absolute Gasteiger partial charge is 0.321 e. The van der Waals surface area contributed by atoms with E-state index in [1.807, 2.05) is 38.2 Å². The molecule has 1 saturated carbocycles. The van der Waals surface area contributed by atoms with Gasteiger partial charge in [-0.25, -0.2) is 0 Å². The summed E-state index contributed by atoms with van der Waals surface area (Å²) in [6, 6.07) is 7.88. The van der Waals surface area contributed by atoms with Crippen LogP contribution in [0, 0.1) is 12.8 Å². The molecule has 0 spiro atoms. The number of carbonyl (C=O) groups is 1. The molecule has 0 saturated heterocycles. The zero-order chi connectivity index (χ0) is 15.5. The molecule has 1 aliphatic rings. The number of nitrogens with zero attached hydrogens (tertiary/aromatic N) is 2. The van der Waals surface area contributed by atoms with Crippen molar-refractivity contribution in [1.82, 2.24) is 9.78 Å². The maximum Gasteiger partial charge on any atom is 0.259 e. The van der Waals surface area contributed by atoms with Gasteiger partial charge in [-0.1, -0.05) is 30.4 Å². The first-order valence-electron chi connectivity index (χ1n) is 7.70. The van der Waals surface area contributed by atoms with E-state index in [4.69, 9.17) is 0 Å². The topological polar surface area (TPSA) is 46.9 Å². The summed E-state index contributed by atoms with van der Waals surface area (Å²) in [5, 5.41) is 7.11. The number of nitrogens with one attached hydrogen (secondary N) is 1. The highest BCUT2D eigenvalue weighted by Crippen LogP contribution is 2.33. The second-order valence-electron chi connectivity index (χ2n) is 5.89. The minimum absolute atomic E-state index is 0.117. The first-order valence-corrected chi connectivity index (χ1v) is 7.70. The molecule has 0 atom stereocenters. The van der Waals surface area contributed by atoms with Gasteiger partial charge in [0.15, 0.2) is 0 Å². The highest BCUT2D eigenvalue weighted by atomic mass is 16.1. The zero-order valence-corrected chi connectivity index (χ0v) is 13.0. The monoisotopic (exact) mass is 295 g/mol. The molecule has 1 aromatic carbocycles. The second-order valence-corrected chi connectivity index (χ2v) is 5.89. The lowest BCUT2D eigenvalue weighted by Crippen LogP contribution is -2.13. The Morgan fingerprint density at radius 2 is 2.18 bits per heavy atom. The van der Waals surface area contributed by atoms with Crippen molar-refractivity contribution in [3.05, 3.63) is 53.4 Å². The summed E-state index contributed by atoms with van der Waals surface area (Å²) in [7, 11) is 1.83. The van der Waals surface area contributed by atoms with E-state index in [0.29, 0.717) is 5.56 Å². The summed E-state index contributed by atoms with van der Waals surface area (Å²) in [6.07, 6.45) is 9.74. The smallest absolute Gasteiger partial charge is 0.259 e. The van der Waals surface area contributed by atoms with Crippen molar-refractivity contribution in [3.63, 3.8) is 0 Å². The molecular weight excluding hydrogens is 274 g/mol. The molecule has 0 bridgehead atoms. The molecule has 22 heavy (non-hydrogen) atoms. The third-order valence-electron chi connectivity index (χ3n) is 4.15. The Morgan fingerprint density at radius 3 is 2.86 bits per heavy atom. The van der Waals surface area contributed by atoms with E-state index in [1.165, 1.54) is 12.8 Å². The number of rotatable bonds is 5. The lowest BCUT2D eigenvalue weighted by Gasteiger charge is -2.08. The van der Waals surface area contributed by atoms with Gasteiger partial charge in [0.1, 0.15) is 0 Å². The van der Waals surface area contributed by atoms with E-state index in [1.54, 1.807) is 10.9 Å². The Balaban J connectivity index is 1.75. The molecule has 1 N–H and O–H groups in total. The Hall–Kier alpha value is -2.36. The van der Waals surface area contributed by atoms with Crippen molar-refractivity contribution < 1.29 is 4.79 Å². The molecule has 4 nitrogen and oxygen atoms in total. The van der Waals surface area contributed by atoms with Crippen LogP contribution in [0.25, 0.3) is 6.08 Å². The third-order valence-corrected chi connectivity index (χ3v) is 4.15. The summed E-state index contributed by atoms with van der Waals surface area (Å²) >= 11 is 0. The molecule has 2 aromatic rings. The Morgan fingerprint density at radius 1 is 1.41 bits per heavy atom. The number of benzene rings is 1. The molecule has 1 fully saturated rings. The Labute approximate surface area is 130 Å². The first kappa shape index (κ1) is 14.6. The maximum atomic E-state index is 12.4. The van der Waals surface area contributed by atoms with Gasteiger partial charge in [-0.2, -0.15) is 5.10 Å². The van der Waals surface area contributed by atoms with Crippen molar-refractivity contribution >= 4 is 17.7 Å². The maximum absolute atomic E-state index is 12.4. The third kappa shape index (κ3) is 3.27. The van der Waals surface area contributed by atoms with Crippen LogP contribution in [0.3, 0.4) is 0 Å². The quantitative estimate of drug-likeness (QED) is 0.912. The predicted molar refractivity (Wildman–Crippen MR) is 88.7 cm³/mol. The van der Waals surface area contributed by atoms with Crippen LogP contribution in [0.2, 0.25) is 0 Å². The van der Waals surface area contributed by atoms with E-state index in [-0.39, 0.29) is 5.91 Å².